The molecule has 0 saturated carbocycles. The minimum atomic E-state index is -3.08. The Morgan fingerprint density at radius 3 is 1.41 bits per heavy atom. The van der Waals surface area contributed by atoms with Crippen LogP contribution < -0.4 is 10.6 Å². The van der Waals surface area contributed by atoms with E-state index in [1.165, 1.54) is 167 Å². The summed E-state index contributed by atoms with van der Waals surface area (Å²) < 4.78 is 34.9. The van der Waals surface area contributed by atoms with E-state index in [2.05, 4.69) is 36.6 Å². The lowest BCUT2D eigenvalue weighted by Gasteiger charge is -2.50. The molecule has 0 aromatic carbocycles. The van der Waals surface area contributed by atoms with Gasteiger partial charge in [-0.25, -0.2) is 4.79 Å². The Balaban J connectivity index is 1.54. The molecule has 564 valence electrons. The number of rotatable bonds is 59. The zero-order chi connectivity index (χ0) is 70.4. The van der Waals surface area contributed by atoms with Crippen LogP contribution in [0.5, 0.6) is 0 Å². The van der Waals surface area contributed by atoms with Crippen molar-refractivity contribution >= 4 is 17.8 Å². The Morgan fingerprint density at radius 2 is 0.969 bits per heavy atom. The SMILES string of the molecule is CCCCCCCC/C=C\CCCCCCCCCC(=O)NC(COC1OC(CO)C(OC2OC(CO)C(O)C(OC3(C(=O)O)CC(O)C(NC(C)=O)C(C(O)C(O)CO)O3)C2O)C(O)C1O)C(O)CCCCCCCCCCCCCCCCCCCCCCCCCCC. The molecule has 3 saturated heterocycles. The fourth-order valence-electron chi connectivity index (χ4n) is 13.4. The van der Waals surface area contributed by atoms with Crippen LogP contribution in [0.2, 0.25) is 0 Å². The van der Waals surface area contributed by atoms with Crippen molar-refractivity contribution in [2.24, 2.45) is 0 Å². The highest BCUT2D eigenvalue weighted by Crippen LogP contribution is 2.39. The van der Waals surface area contributed by atoms with E-state index < -0.39 is 148 Å². The molecule has 3 aliphatic rings. The first-order chi connectivity index (χ1) is 46.4. The molecule has 3 aliphatic heterocycles. The van der Waals surface area contributed by atoms with Gasteiger partial charge in [0.05, 0.1) is 50.7 Å². The molecular formula is C73H136N2O21. The molecule has 23 heteroatoms. The molecule has 14 N–H and O–H groups in total. The Labute approximate surface area is 575 Å². The van der Waals surface area contributed by atoms with E-state index in [1.54, 1.807) is 0 Å². The first-order valence-electron chi connectivity index (χ1n) is 38.0. The molecule has 23 nitrogen and oxygen atoms in total. The highest BCUT2D eigenvalue weighted by atomic mass is 16.8. The van der Waals surface area contributed by atoms with Crippen LogP contribution in [-0.4, -0.2) is 215 Å². The standard InChI is InChI=1S/C73H136N2O21/c1-4-6-8-10-12-14-16-18-20-22-23-24-25-26-27-28-29-31-32-34-36-38-40-42-44-46-55(80)54(75-60(83)47-45-43-41-39-37-35-33-30-21-19-17-15-13-11-9-7-5-2)52-91-70-65(87)64(86)67(59(51-78)93-70)94-71-66(88)69(63(85)58(50-77)92-71)96-73(72(89)90)48-56(81)61(74-53(3)79)68(95-73)62(84)57(82)49-76/h19,21,54-59,61-71,76-78,80-82,84-88H,4-18,20,22-52H2,1-3H3,(H,74,79)(H,75,83)(H,89,90)/b21-19-. The summed E-state index contributed by atoms with van der Waals surface area (Å²) >= 11 is 0. The molecule has 0 aromatic heterocycles. The van der Waals surface area contributed by atoms with Crippen molar-refractivity contribution in [1.29, 1.82) is 0 Å². The van der Waals surface area contributed by atoms with Crippen molar-refractivity contribution < 1.29 is 104 Å². The molecule has 3 rings (SSSR count). The van der Waals surface area contributed by atoms with Crippen molar-refractivity contribution in [3.63, 3.8) is 0 Å². The van der Waals surface area contributed by atoms with Crippen molar-refractivity contribution in [3.05, 3.63) is 12.2 Å². The normalized spacial score (nSPS) is 27.6. The lowest BCUT2D eigenvalue weighted by atomic mass is 9.88. The summed E-state index contributed by atoms with van der Waals surface area (Å²) in [6, 6.07) is -2.53. The first kappa shape index (κ1) is 87.7. The number of hydrogen-bond donors (Lipinski definition) is 14. The number of aliphatic carboxylic acids is 1. The summed E-state index contributed by atoms with van der Waals surface area (Å²) in [4.78, 5) is 38.6. The van der Waals surface area contributed by atoms with E-state index in [1.807, 2.05) is 0 Å². The third kappa shape index (κ3) is 34.4. The van der Waals surface area contributed by atoms with E-state index in [-0.39, 0.29) is 18.9 Å². The van der Waals surface area contributed by atoms with Gasteiger partial charge in [0.1, 0.15) is 67.1 Å². The van der Waals surface area contributed by atoms with Gasteiger partial charge in [0.2, 0.25) is 11.8 Å². The third-order valence-corrected chi connectivity index (χ3v) is 19.5. The summed E-state index contributed by atoms with van der Waals surface area (Å²) in [5, 5.41) is 136. The van der Waals surface area contributed by atoms with E-state index in [9.17, 15) is 75.7 Å². The maximum atomic E-state index is 13.5. The second-order valence-corrected chi connectivity index (χ2v) is 27.9. The highest BCUT2D eigenvalue weighted by Gasteiger charge is 2.60. The largest absolute Gasteiger partial charge is 0.477 e. The van der Waals surface area contributed by atoms with Gasteiger partial charge in [0.25, 0.3) is 5.79 Å². The van der Waals surface area contributed by atoms with Crippen LogP contribution >= 0.6 is 0 Å². The number of unbranched alkanes of at least 4 members (excludes halogenated alkanes) is 37. The van der Waals surface area contributed by atoms with Gasteiger partial charge in [0, 0.05) is 19.8 Å². The van der Waals surface area contributed by atoms with E-state index in [4.69, 9.17) is 28.4 Å². The molecule has 2 amide bonds. The molecule has 0 aliphatic carbocycles. The fraction of sp³-hybridized carbons (Fsp3) is 0.932. The number of aliphatic hydroxyl groups excluding tert-OH is 11. The number of amides is 2. The number of carbonyl (C=O) groups is 3. The van der Waals surface area contributed by atoms with Gasteiger partial charge in [-0.1, -0.05) is 251 Å². The summed E-state index contributed by atoms with van der Waals surface area (Å²) in [5.74, 6) is -6.10. The van der Waals surface area contributed by atoms with Crippen LogP contribution in [0.4, 0.5) is 0 Å². The van der Waals surface area contributed by atoms with Crippen molar-refractivity contribution in [2.45, 2.75) is 407 Å². The smallest absolute Gasteiger partial charge is 0.364 e. The maximum Gasteiger partial charge on any atom is 0.364 e. The van der Waals surface area contributed by atoms with Gasteiger partial charge in [-0.3, -0.25) is 9.59 Å². The number of aliphatic hydroxyl groups is 11. The molecule has 0 aromatic rings. The zero-order valence-electron chi connectivity index (χ0n) is 59.2. The van der Waals surface area contributed by atoms with Gasteiger partial charge in [-0.2, -0.15) is 0 Å². The molecule has 3 heterocycles. The summed E-state index contributed by atoms with van der Waals surface area (Å²) in [6.45, 7) is 2.23. The summed E-state index contributed by atoms with van der Waals surface area (Å²) in [6.07, 6.45) is 24.9. The third-order valence-electron chi connectivity index (χ3n) is 19.5. The van der Waals surface area contributed by atoms with E-state index in [0.29, 0.717) is 19.3 Å². The second-order valence-electron chi connectivity index (χ2n) is 27.9. The Bertz CT molecular complexity index is 1980. The quantitative estimate of drug-likeness (QED) is 0.0200. The molecule has 0 bridgehead atoms. The first-order valence-corrected chi connectivity index (χ1v) is 38.0. The number of carboxylic acid groups (broad SMARTS) is 1. The lowest BCUT2D eigenvalue weighted by molar-refractivity contribution is -0.386. The number of ether oxygens (including phenoxy) is 6. The highest BCUT2D eigenvalue weighted by molar-refractivity contribution is 5.77. The van der Waals surface area contributed by atoms with Crippen LogP contribution in [0.25, 0.3) is 0 Å². The van der Waals surface area contributed by atoms with Crippen molar-refractivity contribution in [1.82, 2.24) is 10.6 Å². The molecular weight excluding hydrogens is 1240 g/mol. The second kappa shape index (κ2) is 53.3. The monoisotopic (exact) mass is 1380 g/mol. The van der Waals surface area contributed by atoms with Crippen LogP contribution in [-0.2, 0) is 42.8 Å². The minimum Gasteiger partial charge on any atom is -0.477 e. The van der Waals surface area contributed by atoms with Crippen LogP contribution in [0.1, 0.15) is 297 Å². The molecule has 0 radical (unpaired) electrons. The van der Waals surface area contributed by atoms with Gasteiger partial charge < -0.3 is 100 Å². The Morgan fingerprint density at radius 1 is 0.531 bits per heavy atom. The number of hydrogen-bond acceptors (Lipinski definition) is 20. The predicted molar refractivity (Wildman–Crippen MR) is 366 cm³/mol. The van der Waals surface area contributed by atoms with Gasteiger partial charge in [-0.15, -0.1) is 0 Å². The summed E-state index contributed by atoms with van der Waals surface area (Å²) in [7, 11) is 0. The maximum absolute atomic E-state index is 13.5. The Hall–Kier alpha value is -2.53. The van der Waals surface area contributed by atoms with Crippen LogP contribution in [0.15, 0.2) is 12.2 Å². The average Bonchev–Trinajstić information content (AvgIpc) is 0.758. The van der Waals surface area contributed by atoms with E-state index >= 15 is 0 Å². The van der Waals surface area contributed by atoms with Gasteiger partial charge in [0.15, 0.2) is 12.6 Å². The van der Waals surface area contributed by atoms with Crippen molar-refractivity contribution in [2.75, 3.05) is 26.4 Å². The summed E-state index contributed by atoms with van der Waals surface area (Å²) in [5.41, 5.74) is 0. The minimum absolute atomic E-state index is 0.220. The van der Waals surface area contributed by atoms with Gasteiger partial charge >= 0.3 is 5.97 Å². The van der Waals surface area contributed by atoms with Gasteiger partial charge in [-0.05, 0) is 38.5 Å². The fourth-order valence-corrected chi connectivity index (χ4v) is 13.4. The predicted octanol–water partition coefficient (Wildman–Crippen LogP) is 8.63. The van der Waals surface area contributed by atoms with Crippen LogP contribution in [0, 0.1) is 0 Å². The number of carbonyl (C=O) groups excluding carboxylic acids is 2. The number of allylic oxidation sites excluding steroid dienone is 2. The van der Waals surface area contributed by atoms with Crippen LogP contribution in [0.3, 0.4) is 0 Å². The van der Waals surface area contributed by atoms with E-state index in [0.717, 1.165) is 84.0 Å². The average molecular weight is 1380 g/mol. The number of carboxylic acids is 1. The Kier molecular flexibility index (Phi) is 48.7. The lowest BCUT2D eigenvalue weighted by Crippen LogP contribution is -2.70. The van der Waals surface area contributed by atoms with Crippen molar-refractivity contribution in [3.8, 4) is 0 Å². The molecule has 18 unspecified atom stereocenters. The number of nitrogens with one attached hydrogen (secondary N) is 2. The molecule has 0 spiro atoms. The zero-order valence-corrected chi connectivity index (χ0v) is 59.2. The molecule has 96 heavy (non-hydrogen) atoms. The molecule has 3 fully saturated rings. The molecule has 18 atom stereocenters. The topological polar surface area (TPSA) is 373 Å².